The van der Waals surface area contributed by atoms with E-state index in [9.17, 15) is 14.4 Å². The fourth-order valence-electron chi connectivity index (χ4n) is 1.50. The monoisotopic (exact) mass is 296 g/mol. The molecule has 0 unspecified atom stereocenters. The van der Waals surface area contributed by atoms with Gasteiger partial charge in [-0.25, -0.2) is 4.79 Å². The van der Waals surface area contributed by atoms with E-state index in [0.717, 1.165) is 0 Å². The molecule has 1 heterocycles. The van der Waals surface area contributed by atoms with E-state index in [-0.39, 0.29) is 12.5 Å². The van der Waals surface area contributed by atoms with Crippen LogP contribution in [0.25, 0.3) is 0 Å². The lowest BCUT2D eigenvalue weighted by Gasteiger charge is -2.14. The Labute approximate surface area is 123 Å². The van der Waals surface area contributed by atoms with Crippen LogP contribution in [-0.4, -0.2) is 30.1 Å². The molecular formula is C14H20N2O5. The van der Waals surface area contributed by atoms with E-state index in [0.29, 0.717) is 12.2 Å². The number of urea groups is 1. The van der Waals surface area contributed by atoms with Crippen LogP contribution in [0.4, 0.5) is 4.79 Å². The molecule has 0 spiro atoms. The third-order valence-corrected chi connectivity index (χ3v) is 2.49. The molecule has 0 bridgehead atoms. The number of aryl methyl sites for hydroxylation is 1. The Morgan fingerprint density at radius 1 is 1.29 bits per heavy atom. The van der Waals surface area contributed by atoms with Crippen LogP contribution < -0.4 is 10.6 Å². The molecule has 21 heavy (non-hydrogen) atoms. The van der Waals surface area contributed by atoms with Gasteiger partial charge >= 0.3 is 12.0 Å². The largest absolute Gasteiger partial charge is 0.469 e. The Hall–Kier alpha value is -2.31. The number of carbonyl (C=O) groups excluding carboxylic acids is 3. The van der Waals surface area contributed by atoms with Gasteiger partial charge in [0.25, 0.3) is 5.91 Å². The molecular weight excluding hydrogens is 276 g/mol. The molecule has 0 aliphatic carbocycles. The van der Waals surface area contributed by atoms with Crippen LogP contribution in [0.3, 0.4) is 0 Å². The standard InChI is InChI=1S/C14H20N2O5/c1-9(2)15-14(19)16-13(18)10(3)21-12(17)7-6-11-5-4-8-20-11/h4-5,8-10H,6-7H2,1-3H3,(H2,15,16,18,19)/t10-/m1/s1. The molecule has 7 nitrogen and oxygen atoms in total. The van der Waals surface area contributed by atoms with Crippen molar-refractivity contribution in [3.63, 3.8) is 0 Å². The third-order valence-electron chi connectivity index (χ3n) is 2.49. The number of amides is 3. The second-order valence-electron chi connectivity index (χ2n) is 4.83. The summed E-state index contributed by atoms with van der Waals surface area (Å²) in [4.78, 5) is 34.5. The normalized spacial score (nSPS) is 11.8. The van der Waals surface area contributed by atoms with Gasteiger partial charge in [0.05, 0.1) is 12.7 Å². The van der Waals surface area contributed by atoms with E-state index in [1.807, 2.05) is 0 Å². The molecule has 0 radical (unpaired) electrons. The lowest BCUT2D eigenvalue weighted by molar-refractivity contribution is -0.154. The number of esters is 1. The second-order valence-corrected chi connectivity index (χ2v) is 4.83. The van der Waals surface area contributed by atoms with Crippen molar-refractivity contribution in [2.24, 2.45) is 0 Å². The summed E-state index contributed by atoms with van der Waals surface area (Å²) in [5, 5.41) is 4.60. The molecule has 0 aliphatic heterocycles. The zero-order chi connectivity index (χ0) is 15.8. The first-order chi connectivity index (χ1) is 9.88. The first-order valence-corrected chi connectivity index (χ1v) is 6.71. The van der Waals surface area contributed by atoms with Gasteiger partial charge < -0.3 is 14.5 Å². The molecule has 2 N–H and O–H groups in total. The summed E-state index contributed by atoms with van der Waals surface area (Å²) in [5.74, 6) is -0.529. The summed E-state index contributed by atoms with van der Waals surface area (Å²) < 4.78 is 10.0. The summed E-state index contributed by atoms with van der Waals surface area (Å²) >= 11 is 0. The van der Waals surface area contributed by atoms with Crippen molar-refractivity contribution in [2.45, 2.75) is 45.8 Å². The molecule has 1 rings (SSSR count). The van der Waals surface area contributed by atoms with E-state index in [1.54, 1.807) is 26.0 Å². The maximum atomic E-state index is 11.6. The molecule has 116 valence electrons. The minimum absolute atomic E-state index is 0.0936. The highest BCUT2D eigenvalue weighted by Crippen LogP contribution is 2.05. The molecule has 0 aliphatic rings. The van der Waals surface area contributed by atoms with Crippen molar-refractivity contribution >= 4 is 17.9 Å². The number of nitrogens with one attached hydrogen (secondary N) is 2. The SMILES string of the molecule is CC(C)NC(=O)NC(=O)[C@@H](C)OC(=O)CCc1ccco1. The highest BCUT2D eigenvalue weighted by molar-refractivity contribution is 5.97. The number of furan rings is 1. The highest BCUT2D eigenvalue weighted by atomic mass is 16.5. The first-order valence-electron chi connectivity index (χ1n) is 6.71. The maximum absolute atomic E-state index is 11.6. The Balaban J connectivity index is 2.30. The lowest BCUT2D eigenvalue weighted by atomic mass is 10.2. The zero-order valence-corrected chi connectivity index (χ0v) is 12.3. The number of rotatable bonds is 6. The van der Waals surface area contributed by atoms with Gasteiger partial charge in [-0.1, -0.05) is 0 Å². The fraction of sp³-hybridized carbons (Fsp3) is 0.500. The van der Waals surface area contributed by atoms with Crippen molar-refractivity contribution < 1.29 is 23.5 Å². The smallest absolute Gasteiger partial charge is 0.321 e. The molecule has 0 aromatic carbocycles. The van der Waals surface area contributed by atoms with Gasteiger partial charge in [-0.2, -0.15) is 0 Å². The average molecular weight is 296 g/mol. The Bertz CT molecular complexity index is 482. The third kappa shape index (κ3) is 6.60. The summed E-state index contributed by atoms with van der Waals surface area (Å²) in [6, 6.07) is 2.77. The average Bonchev–Trinajstić information content (AvgIpc) is 2.88. The maximum Gasteiger partial charge on any atom is 0.321 e. The second kappa shape index (κ2) is 8.08. The van der Waals surface area contributed by atoms with Gasteiger partial charge in [0.1, 0.15) is 5.76 Å². The fourth-order valence-corrected chi connectivity index (χ4v) is 1.50. The number of ether oxygens (including phenoxy) is 1. The van der Waals surface area contributed by atoms with Gasteiger partial charge in [-0.05, 0) is 32.9 Å². The van der Waals surface area contributed by atoms with Gasteiger partial charge in [-0.15, -0.1) is 0 Å². The van der Waals surface area contributed by atoms with Gasteiger partial charge in [-0.3, -0.25) is 14.9 Å². The molecule has 7 heteroatoms. The molecule has 3 amide bonds. The van der Waals surface area contributed by atoms with Crippen molar-refractivity contribution in [2.75, 3.05) is 0 Å². The van der Waals surface area contributed by atoms with Crippen LogP contribution in [0, 0.1) is 0 Å². The van der Waals surface area contributed by atoms with Crippen LogP contribution in [0.15, 0.2) is 22.8 Å². The number of hydrogen-bond donors (Lipinski definition) is 2. The van der Waals surface area contributed by atoms with Crippen LogP contribution in [-0.2, 0) is 20.7 Å². The van der Waals surface area contributed by atoms with E-state index >= 15 is 0 Å². The van der Waals surface area contributed by atoms with Crippen LogP contribution in [0.1, 0.15) is 33.0 Å². The molecule has 1 aromatic rings. The predicted octanol–water partition coefficient (Wildman–Crippen LogP) is 1.38. The number of carbonyl (C=O) groups is 3. The van der Waals surface area contributed by atoms with Crippen LogP contribution >= 0.6 is 0 Å². The van der Waals surface area contributed by atoms with Crippen molar-refractivity contribution in [1.82, 2.24) is 10.6 Å². The molecule has 0 fully saturated rings. The Morgan fingerprint density at radius 2 is 2.00 bits per heavy atom. The quantitative estimate of drug-likeness (QED) is 0.773. The molecule has 0 saturated heterocycles. The minimum atomic E-state index is -1.04. The van der Waals surface area contributed by atoms with E-state index in [4.69, 9.17) is 9.15 Å². The van der Waals surface area contributed by atoms with E-state index in [2.05, 4.69) is 10.6 Å². The number of imide groups is 1. The highest BCUT2D eigenvalue weighted by Gasteiger charge is 2.20. The van der Waals surface area contributed by atoms with E-state index in [1.165, 1.54) is 13.2 Å². The lowest BCUT2D eigenvalue weighted by Crippen LogP contribution is -2.46. The van der Waals surface area contributed by atoms with Crippen LogP contribution in [0.2, 0.25) is 0 Å². The summed E-state index contributed by atoms with van der Waals surface area (Å²) in [6.07, 6.45) is 0.980. The number of hydrogen-bond acceptors (Lipinski definition) is 5. The zero-order valence-electron chi connectivity index (χ0n) is 12.3. The summed E-state index contributed by atoms with van der Waals surface area (Å²) in [6.45, 7) is 4.94. The minimum Gasteiger partial charge on any atom is -0.469 e. The summed E-state index contributed by atoms with van der Waals surface area (Å²) in [5.41, 5.74) is 0. The molecule has 0 saturated carbocycles. The van der Waals surface area contributed by atoms with E-state index < -0.39 is 24.0 Å². The van der Waals surface area contributed by atoms with Crippen LogP contribution in [0.5, 0.6) is 0 Å². The predicted molar refractivity (Wildman–Crippen MR) is 74.4 cm³/mol. The van der Waals surface area contributed by atoms with Crippen molar-refractivity contribution in [1.29, 1.82) is 0 Å². The van der Waals surface area contributed by atoms with Crippen molar-refractivity contribution in [3.05, 3.63) is 24.2 Å². The Kier molecular flexibility index (Phi) is 6.45. The van der Waals surface area contributed by atoms with Gasteiger partial charge in [0, 0.05) is 12.5 Å². The van der Waals surface area contributed by atoms with Gasteiger partial charge in [0.2, 0.25) is 0 Å². The Morgan fingerprint density at radius 3 is 2.57 bits per heavy atom. The summed E-state index contributed by atoms with van der Waals surface area (Å²) in [7, 11) is 0. The molecule has 1 aromatic heterocycles. The van der Waals surface area contributed by atoms with Gasteiger partial charge in [0.15, 0.2) is 6.10 Å². The molecule has 1 atom stereocenters. The first kappa shape index (κ1) is 16.7. The van der Waals surface area contributed by atoms with Crippen molar-refractivity contribution in [3.8, 4) is 0 Å². The topological polar surface area (TPSA) is 97.6 Å².